The molecule has 110 valence electrons. The van der Waals surface area contributed by atoms with E-state index in [9.17, 15) is 8.42 Å². The van der Waals surface area contributed by atoms with E-state index in [-0.39, 0.29) is 0 Å². The number of benzene rings is 1. The molecule has 0 aliphatic carbocycles. The number of nitrogens with zero attached hydrogens (tertiary/aromatic N) is 1. The maximum atomic E-state index is 11.4. The molecule has 5 heteroatoms. The van der Waals surface area contributed by atoms with E-state index in [0.717, 1.165) is 11.7 Å². The highest BCUT2D eigenvalue weighted by atomic mass is 32.2. The average molecular weight is 295 g/mol. The van der Waals surface area contributed by atoms with Crippen molar-refractivity contribution in [2.75, 3.05) is 26.0 Å². The minimum atomic E-state index is -3.13. The third-order valence-corrected chi connectivity index (χ3v) is 5.59. The zero-order valence-electron chi connectivity index (χ0n) is 11.8. The van der Waals surface area contributed by atoms with Crippen molar-refractivity contribution in [2.45, 2.75) is 30.2 Å². The molecule has 0 aromatic heterocycles. The summed E-state index contributed by atoms with van der Waals surface area (Å²) in [4.78, 5) is 2.86. The van der Waals surface area contributed by atoms with E-state index in [0.29, 0.717) is 17.5 Å². The van der Waals surface area contributed by atoms with Crippen LogP contribution in [0.1, 0.15) is 19.3 Å². The molecule has 0 radical (unpaired) electrons. The van der Waals surface area contributed by atoms with Gasteiger partial charge in [-0.05, 0) is 62.5 Å². The van der Waals surface area contributed by atoms with Crippen molar-refractivity contribution in [1.29, 1.82) is 0 Å². The molecule has 0 N–H and O–H groups in total. The maximum Gasteiger partial charge on any atom is 0.175 e. The van der Waals surface area contributed by atoms with Crippen molar-refractivity contribution in [3.8, 4) is 5.75 Å². The predicted octanol–water partition coefficient (Wildman–Crippen LogP) is 1.95. The highest BCUT2D eigenvalue weighted by Crippen LogP contribution is 2.32. The highest BCUT2D eigenvalue weighted by molar-refractivity contribution is 7.90. The fourth-order valence-electron chi connectivity index (χ4n) is 3.24. The van der Waals surface area contributed by atoms with Gasteiger partial charge in [0.2, 0.25) is 0 Å². The Hall–Kier alpha value is -1.07. The molecule has 1 unspecified atom stereocenters. The number of fused-ring (bicyclic) bond motifs is 3. The van der Waals surface area contributed by atoms with E-state index in [1.807, 2.05) is 0 Å². The van der Waals surface area contributed by atoms with Crippen LogP contribution in [0.25, 0.3) is 0 Å². The molecule has 3 saturated heterocycles. The number of hydrogen-bond acceptors (Lipinski definition) is 4. The molecule has 3 fully saturated rings. The van der Waals surface area contributed by atoms with Gasteiger partial charge in [-0.15, -0.1) is 0 Å². The quantitative estimate of drug-likeness (QED) is 0.852. The third-order valence-electron chi connectivity index (χ3n) is 4.47. The van der Waals surface area contributed by atoms with E-state index in [4.69, 9.17) is 4.74 Å². The van der Waals surface area contributed by atoms with Crippen LogP contribution in [0, 0.1) is 5.92 Å². The van der Waals surface area contributed by atoms with Crippen molar-refractivity contribution >= 4 is 9.84 Å². The summed E-state index contributed by atoms with van der Waals surface area (Å²) < 4.78 is 28.6. The molecule has 0 amide bonds. The first-order chi connectivity index (χ1) is 9.52. The second kappa shape index (κ2) is 5.37. The number of sulfone groups is 1. The van der Waals surface area contributed by atoms with Crippen LogP contribution in [0.4, 0.5) is 0 Å². The van der Waals surface area contributed by atoms with E-state index in [2.05, 4.69) is 4.90 Å². The summed E-state index contributed by atoms with van der Waals surface area (Å²) in [7, 11) is -3.13. The van der Waals surface area contributed by atoms with Crippen molar-refractivity contribution < 1.29 is 13.2 Å². The monoisotopic (exact) mass is 295 g/mol. The summed E-state index contributed by atoms with van der Waals surface area (Å²) in [5.41, 5.74) is 0. The first-order valence-corrected chi connectivity index (χ1v) is 9.08. The molecule has 3 heterocycles. The number of hydrogen-bond donors (Lipinski definition) is 0. The molecule has 4 nitrogen and oxygen atoms in total. The largest absolute Gasteiger partial charge is 0.492 e. The van der Waals surface area contributed by atoms with Crippen molar-refractivity contribution in [1.82, 2.24) is 4.90 Å². The fraction of sp³-hybridized carbons (Fsp3) is 0.600. The van der Waals surface area contributed by atoms with Crippen LogP contribution >= 0.6 is 0 Å². The molecule has 1 aromatic rings. The zero-order chi connectivity index (χ0) is 14.2. The molecule has 3 aliphatic heterocycles. The Labute approximate surface area is 120 Å². The Bertz CT molecular complexity index is 559. The highest BCUT2D eigenvalue weighted by Gasteiger charge is 2.33. The molecule has 4 rings (SSSR count). The lowest BCUT2D eigenvalue weighted by Crippen LogP contribution is -2.51. The minimum Gasteiger partial charge on any atom is -0.492 e. The van der Waals surface area contributed by atoms with Gasteiger partial charge < -0.3 is 4.74 Å². The van der Waals surface area contributed by atoms with E-state index in [1.165, 1.54) is 38.6 Å². The normalized spacial score (nSPS) is 29.4. The lowest BCUT2D eigenvalue weighted by molar-refractivity contribution is 0.0238. The van der Waals surface area contributed by atoms with Crippen LogP contribution < -0.4 is 4.74 Å². The van der Waals surface area contributed by atoms with Gasteiger partial charge in [0.25, 0.3) is 0 Å². The van der Waals surface area contributed by atoms with Gasteiger partial charge in [0, 0.05) is 12.3 Å². The summed E-state index contributed by atoms with van der Waals surface area (Å²) in [5.74, 6) is 1.63. The SMILES string of the molecule is CS(=O)(=O)c1ccc(OCC2CC3CCN2CC3)cc1. The molecular weight excluding hydrogens is 274 g/mol. The molecule has 0 saturated carbocycles. The maximum absolute atomic E-state index is 11.4. The van der Waals surface area contributed by atoms with Gasteiger partial charge in [-0.25, -0.2) is 8.42 Å². The van der Waals surface area contributed by atoms with Crippen LogP contribution in [-0.2, 0) is 9.84 Å². The van der Waals surface area contributed by atoms with Gasteiger partial charge in [0.1, 0.15) is 12.4 Å². The lowest BCUT2D eigenvalue weighted by Gasteiger charge is -2.45. The summed E-state index contributed by atoms with van der Waals surface area (Å²) in [5, 5.41) is 0. The van der Waals surface area contributed by atoms with Gasteiger partial charge in [-0.2, -0.15) is 0 Å². The van der Waals surface area contributed by atoms with Crippen LogP contribution in [-0.4, -0.2) is 45.3 Å². The molecule has 1 atom stereocenters. The fourth-order valence-corrected chi connectivity index (χ4v) is 3.87. The van der Waals surface area contributed by atoms with Gasteiger partial charge in [-0.3, -0.25) is 4.90 Å². The van der Waals surface area contributed by atoms with Crippen molar-refractivity contribution in [3.63, 3.8) is 0 Å². The van der Waals surface area contributed by atoms with E-state index >= 15 is 0 Å². The van der Waals surface area contributed by atoms with E-state index < -0.39 is 9.84 Å². The van der Waals surface area contributed by atoms with Gasteiger partial charge in [-0.1, -0.05) is 0 Å². The second-order valence-corrected chi connectivity index (χ2v) is 7.94. The van der Waals surface area contributed by atoms with Gasteiger partial charge in [0.15, 0.2) is 9.84 Å². The predicted molar refractivity (Wildman–Crippen MR) is 77.7 cm³/mol. The van der Waals surface area contributed by atoms with Gasteiger partial charge >= 0.3 is 0 Å². The Morgan fingerprint density at radius 3 is 2.35 bits per heavy atom. The number of ether oxygens (including phenoxy) is 1. The van der Waals surface area contributed by atoms with Crippen molar-refractivity contribution in [3.05, 3.63) is 24.3 Å². The summed E-state index contributed by atoms with van der Waals surface area (Å²) in [6.07, 6.45) is 5.12. The number of piperidine rings is 3. The van der Waals surface area contributed by atoms with Crippen LogP contribution in [0.3, 0.4) is 0 Å². The Morgan fingerprint density at radius 2 is 1.85 bits per heavy atom. The summed E-state index contributed by atoms with van der Waals surface area (Å²) in [6.45, 7) is 3.10. The Morgan fingerprint density at radius 1 is 1.20 bits per heavy atom. The first kappa shape index (κ1) is 13.9. The number of rotatable bonds is 4. The van der Waals surface area contributed by atoms with Gasteiger partial charge in [0.05, 0.1) is 4.90 Å². The molecular formula is C15H21NO3S. The summed E-state index contributed by atoms with van der Waals surface area (Å²) >= 11 is 0. The smallest absolute Gasteiger partial charge is 0.175 e. The lowest BCUT2D eigenvalue weighted by atomic mass is 9.83. The topological polar surface area (TPSA) is 46.6 Å². The Kier molecular flexibility index (Phi) is 3.73. The summed E-state index contributed by atoms with van der Waals surface area (Å²) in [6, 6.07) is 7.23. The molecule has 2 bridgehead atoms. The average Bonchev–Trinajstić information content (AvgIpc) is 2.46. The van der Waals surface area contributed by atoms with Crippen LogP contribution in [0.5, 0.6) is 5.75 Å². The van der Waals surface area contributed by atoms with Crippen LogP contribution in [0.15, 0.2) is 29.2 Å². The Balaban J connectivity index is 1.59. The molecule has 0 spiro atoms. The standard InChI is InChI=1S/C15H21NO3S/c1-20(17,18)15-4-2-14(3-5-15)19-11-13-10-12-6-8-16(13)9-7-12/h2-5,12-13H,6-11H2,1H3. The zero-order valence-corrected chi connectivity index (χ0v) is 12.6. The molecule has 3 aliphatic rings. The minimum absolute atomic E-state index is 0.338. The second-order valence-electron chi connectivity index (χ2n) is 5.92. The third kappa shape index (κ3) is 2.99. The first-order valence-electron chi connectivity index (χ1n) is 7.19. The molecule has 20 heavy (non-hydrogen) atoms. The molecule has 1 aromatic carbocycles. The van der Waals surface area contributed by atoms with Crippen LogP contribution in [0.2, 0.25) is 0 Å². The van der Waals surface area contributed by atoms with E-state index in [1.54, 1.807) is 24.3 Å². The van der Waals surface area contributed by atoms with Crippen molar-refractivity contribution in [2.24, 2.45) is 5.92 Å².